The number of imidazole rings is 1. The minimum atomic E-state index is 0.235. The number of nitrogens with zero attached hydrogens (tertiary/aromatic N) is 2. The first kappa shape index (κ1) is 13.2. The second kappa shape index (κ2) is 6.01. The van der Waals surface area contributed by atoms with E-state index in [1.165, 1.54) is 0 Å². The molecule has 4 heteroatoms. The Morgan fingerprint density at radius 3 is 2.69 bits per heavy atom. The molecule has 3 N–H and O–H groups in total. The second-order valence-electron chi connectivity index (χ2n) is 5.27. The number of rotatable bonds is 6. The summed E-state index contributed by atoms with van der Waals surface area (Å²) in [6.45, 7) is 9.44. The zero-order chi connectivity index (χ0) is 12.0. The summed E-state index contributed by atoms with van der Waals surface area (Å²) in [7, 11) is 0. The Morgan fingerprint density at radius 1 is 1.44 bits per heavy atom. The molecular formula is C12H24N4. The molecule has 0 radical (unpaired) electrons. The highest BCUT2D eigenvalue weighted by molar-refractivity contribution is 4.84. The van der Waals surface area contributed by atoms with Crippen molar-refractivity contribution in [2.24, 2.45) is 11.1 Å². The van der Waals surface area contributed by atoms with E-state index in [0.29, 0.717) is 6.04 Å². The molecule has 4 nitrogen and oxygen atoms in total. The van der Waals surface area contributed by atoms with Crippen LogP contribution in [0.15, 0.2) is 18.7 Å². The van der Waals surface area contributed by atoms with Gasteiger partial charge in [0.05, 0.1) is 6.33 Å². The van der Waals surface area contributed by atoms with Crippen LogP contribution in [0.4, 0.5) is 0 Å². The highest BCUT2D eigenvalue weighted by atomic mass is 15.1. The van der Waals surface area contributed by atoms with Crippen LogP contribution in [0.5, 0.6) is 0 Å². The van der Waals surface area contributed by atoms with Crippen LogP contribution < -0.4 is 11.1 Å². The van der Waals surface area contributed by atoms with Gasteiger partial charge in [-0.2, -0.15) is 0 Å². The van der Waals surface area contributed by atoms with Crippen molar-refractivity contribution in [2.45, 2.75) is 39.8 Å². The van der Waals surface area contributed by atoms with E-state index < -0.39 is 0 Å². The summed E-state index contributed by atoms with van der Waals surface area (Å²) in [6.07, 6.45) is 6.71. The lowest BCUT2D eigenvalue weighted by atomic mass is 9.86. The van der Waals surface area contributed by atoms with Gasteiger partial charge in [0, 0.05) is 25.0 Å². The smallest absolute Gasteiger partial charge is 0.0946 e. The summed E-state index contributed by atoms with van der Waals surface area (Å²) in [5, 5.41) is 3.57. The van der Waals surface area contributed by atoms with Crippen molar-refractivity contribution in [1.29, 1.82) is 0 Å². The van der Waals surface area contributed by atoms with Gasteiger partial charge in [-0.1, -0.05) is 20.8 Å². The molecule has 1 heterocycles. The number of nitrogens with one attached hydrogen (secondary N) is 1. The monoisotopic (exact) mass is 224 g/mol. The average Bonchev–Trinajstić information content (AvgIpc) is 2.67. The SMILES string of the molecule is CC(C)(C)C(Cn1ccnc1)NCCCN. The standard InChI is InChI=1S/C12H24N4/c1-12(2,3)11(15-6-4-5-13)9-16-8-7-14-10-16/h7-8,10-11,15H,4-6,9,13H2,1-3H3. The molecule has 0 amide bonds. The van der Waals surface area contributed by atoms with E-state index >= 15 is 0 Å². The largest absolute Gasteiger partial charge is 0.336 e. The maximum Gasteiger partial charge on any atom is 0.0946 e. The van der Waals surface area contributed by atoms with Crippen molar-refractivity contribution in [3.05, 3.63) is 18.7 Å². The third kappa shape index (κ3) is 4.33. The van der Waals surface area contributed by atoms with Crippen molar-refractivity contribution in [3.8, 4) is 0 Å². The Balaban J connectivity index is 2.51. The topological polar surface area (TPSA) is 55.9 Å². The summed E-state index contributed by atoms with van der Waals surface area (Å²) in [6, 6.07) is 0.438. The Morgan fingerprint density at radius 2 is 2.19 bits per heavy atom. The van der Waals surface area contributed by atoms with Gasteiger partial charge in [-0.3, -0.25) is 0 Å². The molecule has 0 bridgehead atoms. The first-order valence-corrected chi connectivity index (χ1v) is 5.93. The lowest BCUT2D eigenvalue weighted by Crippen LogP contribution is -2.44. The molecule has 0 aliphatic heterocycles. The molecule has 0 aliphatic rings. The maximum atomic E-state index is 5.50. The van der Waals surface area contributed by atoms with Gasteiger partial charge in [0.15, 0.2) is 0 Å². The second-order valence-corrected chi connectivity index (χ2v) is 5.27. The van der Waals surface area contributed by atoms with Crippen LogP contribution in [0, 0.1) is 5.41 Å². The van der Waals surface area contributed by atoms with Crippen molar-refractivity contribution >= 4 is 0 Å². The third-order valence-corrected chi connectivity index (χ3v) is 2.77. The van der Waals surface area contributed by atoms with Gasteiger partial charge in [-0.15, -0.1) is 0 Å². The Hall–Kier alpha value is -0.870. The van der Waals surface area contributed by atoms with Gasteiger partial charge in [0.2, 0.25) is 0 Å². The van der Waals surface area contributed by atoms with E-state index in [0.717, 1.165) is 26.1 Å². The van der Waals surface area contributed by atoms with E-state index in [9.17, 15) is 0 Å². The molecule has 1 aromatic heterocycles. The van der Waals surface area contributed by atoms with Crippen molar-refractivity contribution < 1.29 is 0 Å². The Kier molecular flexibility index (Phi) is 4.96. The molecule has 0 saturated carbocycles. The molecular weight excluding hydrogens is 200 g/mol. The normalized spacial score (nSPS) is 14.0. The van der Waals surface area contributed by atoms with Crippen LogP contribution in [-0.2, 0) is 6.54 Å². The van der Waals surface area contributed by atoms with Crippen LogP contribution in [-0.4, -0.2) is 28.7 Å². The molecule has 0 spiro atoms. The zero-order valence-corrected chi connectivity index (χ0v) is 10.6. The summed E-state index contributed by atoms with van der Waals surface area (Å²) in [5.41, 5.74) is 5.74. The Bertz CT molecular complexity index is 274. The van der Waals surface area contributed by atoms with Crippen molar-refractivity contribution in [1.82, 2.24) is 14.9 Å². The van der Waals surface area contributed by atoms with Crippen LogP contribution in [0.2, 0.25) is 0 Å². The number of nitrogens with two attached hydrogens (primary N) is 1. The lowest BCUT2D eigenvalue weighted by Gasteiger charge is -2.32. The van der Waals surface area contributed by atoms with Crippen LogP contribution in [0.1, 0.15) is 27.2 Å². The highest BCUT2D eigenvalue weighted by Gasteiger charge is 2.23. The third-order valence-electron chi connectivity index (χ3n) is 2.77. The van der Waals surface area contributed by atoms with E-state index in [-0.39, 0.29) is 5.41 Å². The molecule has 0 aliphatic carbocycles. The molecule has 1 atom stereocenters. The molecule has 0 saturated heterocycles. The summed E-state index contributed by atoms with van der Waals surface area (Å²) in [4.78, 5) is 4.07. The fourth-order valence-corrected chi connectivity index (χ4v) is 1.63. The average molecular weight is 224 g/mol. The molecule has 0 fully saturated rings. The predicted molar refractivity (Wildman–Crippen MR) is 67.1 cm³/mol. The predicted octanol–water partition coefficient (Wildman–Crippen LogP) is 1.24. The van der Waals surface area contributed by atoms with E-state index in [2.05, 4.69) is 35.6 Å². The van der Waals surface area contributed by atoms with Gasteiger partial charge in [-0.25, -0.2) is 4.98 Å². The molecule has 1 unspecified atom stereocenters. The quantitative estimate of drug-likeness (QED) is 0.715. The number of aromatic nitrogens is 2. The van der Waals surface area contributed by atoms with Crippen LogP contribution >= 0.6 is 0 Å². The minimum absolute atomic E-state index is 0.235. The maximum absolute atomic E-state index is 5.50. The van der Waals surface area contributed by atoms with Crippen molar-refractivity contribution in [2.75, 3.05) is 13.1 Å². The number of hydrogen-bond acceptors (Lipinski definition) is 3. The zero-order valence-electron chi connectivity index (χ0n) is 10.6. The molecule has 92 valence electrons. The lowest BCUT2D eigenvalue weighted by molar-refractivity contribution is 0.242. The fraction of sp³-hybridized carbons (Fsp3) is 0.750. The fourth-order valence-electron chi connectivity index (χ4n) is 1.63. The highest BCUT2D eigenvalue weighted by Crippen LogP contribution is 2.20. The van der Waals surface area contributed by atoms with Gasteiger partial charge >= 0.3 is 0 Å². The Labute approximate surface area is 98.2 Å². The van der Waals surface area contributed by atoms with Gasteiger partial charge in [0.25, 0.3) is 0 Å². The summed E-state index contributed by atoms with van der Waals surface area (Å²) < 4.78 is 2.12. The first-order chi connectivity index (χ1) is 7.54. The minimum Gasteiger partial charge on any atom is -0.336 e. The summed E-state index contributed by atoms with van der Waals surface area (Å²) >= 11 is 0. The molecule has 0 aromatic carbocycles. The van der Waals surface area contributed by atoms with E-state index in [4.69, 9.17) is 5.73 Å². The first-order valence-electron chi connectivity index (χ1n) is 5.93. The molecule has 1 rings (SSSR count). The van der Waals surface area contributed by atoms with E-state index in [1.54, 1.807) is 0 Å². The van der Waals surface area contributed by atoms with E-state index in [1.807, 2.05) is 18.7 Å². The van der Waals surface area contributed by atoms with Crippen LogP contribution in [0.3, 0.4) is 0 Å². The van der Waals surface area contributed by atoms with Crippen molar-refractivity contribution in [3.63, 3.8) is 0 Å². The molecule has 16 heavy (non-hydrogen) atoms. The van der Waals surface area contributed by atoms with Crippen LogP contribution in [0.25, 0.3) is 0 Å². The van der Waals surface area contributed by atoms with Gasteiger partial charge < -0.3 is 15.6 Å². The summed E-state index contributed by atoms with van der Waals surface area (Å²) in [5.74, 6) is 0. The molecule has 1 aromatic rings. The number of hydrogen-bond donors (Lipinski definition) is 2. The van der Waals surface area contributed by atoms with Gasteiger partial charge in [-0.05, 0) is 24.9 Å². The van der Waals surface area contributed by atoms with Gasteiger partial charge in [0.1, 0.15) is 0 Å².